The molecule has 0 saturated carbocycles. The number of ether oxygens (including phenoxy) is 2. The zero-order valence-electron chi connectivity index (χ0n) is 17.4. The lowest BCUT2D eigenvalue weighted by Crippen LogP contribution is -2.33. The lowest BCUT2D eigenvalue weighted by atomic mass is 9.87. The van der Waals surface area contributed by atoms with Crippen LogP contribution in [0.15, 0.2) is 11.8 Å². The first-order valence-corrected chi connectivity index (χ1v) is 8.55. The van der Waals surface area contributed by atoms with Gasteiger partial charge in [0.2, 0.25) is 0 Å². The molecule has 0 bridgehead atoms. The van der Waals surface area contributed by atoms with Crippen LogP contribution >= 0.6 is 0 Å². The summed E-state index contributed by atoms with van der Waals surface area (Å²) in [5, 5.41) is 0.627. The minimum atomic E-state index is -7.08. The molecule has 0 unspecified atom stereocenters. The summed E-state index contributed by atoms with van der Waals surface area (Å²) >= 11 is 0. The molecule has 0 fully saturated rings. The Balaban J connectivity index is 4.76. The number of carbonyl (C=O) groups excluding carboxylic acids is 2. The summed E-state index contributed by atoms with van der Waals surface area (Å²) in [6, 6.07) is 0. The first-order chi connectivity index (χ1) is 16.3. The fraction of sp³-hybridized carbons (Fsp3) is 0.412. The van der Waals surface area contributed by atoms with Gasteiger partial charge in [-0.25, -0.2) is 9.59 Å². The second-order valence-electron chi connectivity index (χ2n) is 6.44. The number of halogens is 15. The molecule has 1 N–H and O–H groups in total. The summed E-state index contributed by atoms with van der Waals surface area (Å²) in [4.78, 5) is 23.1. The van der Waals surface area contributed by atoms with Crippen LogP contribution in [0.25, 0.3) is 0 Å². The molecule has 0 amide bonds. The van der Waals surface area contributed by atoms with Crippen molar-refractivity contribution in [2.45, 2.75) is 30.9 Å². The largest absolute Gasteiger partial charge is 0.466 e. The monoisotopic (exact) mass is 575 g/mol. The highest BCUT2D eigenvalue weighted by Crippen LogP contribution is 2.58. The van der Waals surface area contributed by atoms with Crippen molar-refractivity contribution in [1.82, 2.24) is 0 Å². The average molecular weight is 575 g/mol. The van der Waals surface area contributed by atoms with Gasteiger partial charge in [0.15, 0.2) is 0 Å². The van der Waals surface area contributed by atoms with E-state index in [1.807, 2.05) is 0 Å². The van der Waals surface area contributed by atoms with Gasteiger partial charge in [-0.1, -0.05) is 0 Å². The van der Waals surface area contributed by atoms with E-state index >= 15 is 0 Å². The number of hydrogen-bond donors (Lipinski definition) is 1. The smallest absolute Gasteiger partial charge is 0.419 e. The van der Waals surface area contributed by atoms with Crippen LogP contribution in [0.4, 0.5) is 71.5 Å². The molecule has 1 aromatic carbocycles. The predicted molar refractivity (Wildman–Crippen MR) is 87.2 cm³/mol. The van der Waals surface area contributed by atoms with Crippen molar-refractivity contribution in [1.29, 1.82) is 0 Å². The van der Waals surface area contributed by atoms with Crippen molar-refractivity contribution in [3.05, 3.63) is 39.6 Å². The average Bonchev–Trinajstić information content (AvgIpc) is 2.67. The zero-order valence-corrected chi connectivity index (χ0v) is 17.4. The van der Waals surface area contributed by atoms with Gasteiger partial charge in [0.1, 0.15) is 5.70 Å². The summed E-state index contributed by atoms with van der Waals surface area (Å²) in [6.45, 7) is 0. The summed E-state index contributed by atoms with van der Waals surface area (Å²) < 4.78 is 211. The van der Waals surface area contributed by atoms with Gasteiger partial charge in [-0.2, -0.15) is 65.9 Å². The van der Waals surface area contributed by atoms with Crippen molar-refractivity contribution in [2.75, 3.05) is 19.5 Å². The Morgan fingerprint density at radius 1 is 0.568 bits per heavy atom. The molecule has 37 heavy (non-hydrogen) atoms. The molecule has 1 aromatic rings. The Morgan fingerprint density at radius 2 is 0.865 bits per heavy atom. The quantitative estimate of drug-likeness (QED) is 0.255. The van der Waals surface area contributed by atoms with E-state index in [1.165, 1.54) is 0 Å². The number of methoxy groups -OCH3 is 2. The SMILES string of the molecule is COC(=O)/C=C(/Nc1c(C(F)(F)F)c(C(F)(F)F)c(C(F)(F)F)c(C(F)(F)F)c1C(F)(F)F)C(=O)OC. The van der Waals surface area contributed by atoms with E-state index in [4.69, 9.17) is 0 Å². The Bertz CT molecular complexity index is 1040. The van der Waals surface area contributed by atoms with Crippen LogP contribution in [0.1, 0.15) is 27.8 Å². The maximum absolute atomic E-state index is 13.7. The minimum absolute atomic E-state index is 0.343. The molecular formula is C17H8F15NO4. The molecule has 5 nitrogen and oxygen atoms in total. The van der Waals surface area contributed by atoms with E-state index in [-0.39, 0.29) is 6.08 Å². The number of hydrogen-bond acceptors (Lipinski definition) is 5. The molecule has 0 aromatic heterocycles. The van der Waals surface area contributed by atoms with E-state index < -0.39 is 82.0 Å². The molecule has 0 heterocycles. The summed E-state index contributed by atoms with van der Waals surface area (Å²) in [5.41, 5.74) is -25.9. The maximum Gasteiger partial charge on any atom is 0.419 e. The van der Waals surface area contributed by atoms with Crippen LogP contribution in [0.3, 0.4) is 0 Å². The highest BCUT2D eigenvalue weighted by molar-refractivity contribution is 5.99. The number of carbonyl (C=O) groups is 2. The molecule has 1 rings (SSSR count). The second kappa shape index (κ2) is 9.84. The second-order valence-corrected chi connectivity index (χ2v) is 6.44. The lowest BCUT2D eigenvalue weighted by molar-refractivity contribution is -0.188. The van der Waals surface area contributed by atoms with Gasteiger partial charge in [-0.05, 0) is 0 Å². The molecule has 210 valence electrons. The van der Waals surface area contributed by atoms with Gasteiger partial charge in [-0.15, -0.1) is 0 Å². The minimum Gasteiger partial charge on any atom is -0.466 e. The van der Waals surface area contributed by atoms with E-state index in [2.05, 4.69) is 9.47 Å². The Hall–Kier alpha value is -3.35. The fourth-order valence-corrected chi connectivity index (χ4v) is 2.86. The number of benzene rings is 1. The van der Waals surface area contributed by atoms with Gasteiger partial charge < -0.3 is 14.8 Å². The highest BCUT2D eigenvalue weighted by Gasteiger charge is 2.60. The lowest BCUT2D eigenvalue weighted by Gasteiger charge is -2.30. The van der Waals surface area contributed by atoms with Crippen molar-refractivity contribution >= 4 is 17.6 Å². The van der Waals surface area contributed by atoms with Gasteiger partial charge >= 0.3 is 42.8 Å². The van der Waals surface area contributed by atoms with Crippen molar-refractivity contribution in [2.24, 2.45) is 0 Å². The standard InChI is InChI=1S/C17H8F15NO4/c1-36-5(34)3-4(12(35)37-2)33-11-9(16(27,28)29)7(14(21,22)23)6(13(18,19)20)8(15(24,25)26)10(11)17(30,31)32/h3,33H,1-2H3/b4-3+. The third-order valence-electron chi connectivity index (χ3n) is 4.05. The van der Waals surface area contributed by atoms with Crippen LogP contribution < -0.4 is 5.32 Å². The molecular weight excluding hydrogens is 567 g/mol. The van der Waals surface area contributed by atoms with Crippen LogP contribution in [0.5, 0.6) is 0 Å². The van der Waals surface area contributed by atoms with Crippen molar-refractivity contribution in [3.8, 4) is 0 Å². The fourth-order valence-electron chi connectivity index (χ4n) is 2.86. The number of nitrogens with one attached hydrogen (secondary N) is 1. The molecule has 0 aliphatic rings. The number of anilines is 1. The molecule has 0 spiro atoms. The van der Waals surface area contributed by atoms with E-state index in [0.717, 1.165) is 0 Å². The van der Waals surface area contributed by atoms with Gasteiger partial charge in [0.25, 0.3) is 0 Å². The van der Waals surface area contributed by atoms with E-state index in [0.29, 0.717) is 19.5 Å². The Labute approximate surface area is 193 Å². The predicted octanol–water partition coefficient (Wildman–Crippen LogP) is 6.42. The number of esters is 2. The van der Waals surface area contributed by atoms with E-state index in [9.17, 15) is 75.4 Å². The topological polar surface area (TPSA) is 64.6 Å². The zero-order chi connectivity index (χ0) is 29.5. The Morgan fingerprint density at radius 3 is 1.11 bits per heavy atom. The summed E-state index contributed by atoms with van der Waals surface area (Å²) in [5.74, 6) is -3.96. The Kier molecular flexibility index (Phi) is 8.43. The first kappa shape index (κ1) is 31.7. The number of alkyl halides is 15. The van der Waals surface area contributed by atoms with Crippen molar-refractivity contribution in [3.63, 3.8) is 0 Å². The van der Waals surface area contributed by atoms with Crippen molar-refractivity contribution < 1.29 is 84.9 Å². The molecule has 0 aliphatic carbocycles. The van der Waals surface area contributed by atoms with E-state index in [1.54, 1.807) is 0 Å². The third kappa shape index (κ3) is 6.90. The molecule has 0 radical (unpaired) electrons. The molecule has 20 heteroatoms. The summed E-state index contributed by atoms with van der Waals surface area (Å²) in [7, 11) is 0.872. The van der Waals surface area contributed by atoms with Gasteiger partial charge in [0.05, 0.1) is 53.8 Å². The highest BCUT2D eigenvalue weighted by atomic mass is 19.4. The van der Waals surface area contributed by atoms with Crippen LogP contribution in [-0.4, -0.2) is 26.2 Å². The normalized spacial score (nSPS) is 13.9. The number of rotatable bonds is 4. The maximum atomic E-state index is 13.7. The molecule has 0 saturated heterocycles. The molecule has 0 aliphatic heterocycles. The van der Waals surface area contributed by atoms with Gasteiger partial charge in [-0.3, -0.25) is 0 Å². The molecule has 0 atom stereocenters. The first-order valence-electron chi connectivity index (χ1n) is 8.55. The third-order valence-corrected chi connectivity index (χ3v) is 4.05. The van der Waals surface area contributed by atoms with Crippen LogP contribution in [0.2, 0.25) is 0 Å². The van der Waals surface area contributed by atoms with Gasteiger partial charge in [0, 0.05) is 0 Å². The summed E-state index contributed by atoms with van der Waals surface area (Å²) in [6.07, 6.45) is -35.2. The van der Waals surface area contributed by atoms with Crippen LogP contribution in [-0.2, 0) is 49.9 Å². The van der Waals surface area contributed by atoms with Crippen LogP contribution in [0, 0.1) is 0 Å².